The Bertz CT molecular complexity index is 1180. The van der Waals surface area contributed by atoms with Crippen molar-refractivity contribution in [3.05, 3.63) is 87.3 Å². The van der Waals surface area contributed by atoms with Crippen LogP contribution in [-0.2, 0) is 0 Å². The van der Waals surface area contributed by atoms with Crippen molar-refractivity contribution < 1.29 is 4.58 Å². The van der Waals surface area contributed by atoms with Crippen molar-refractivity contribution in [2.75, 3.05) is 33.1 Å². The van der Waals surface area contributed by atoms with Gasteiger partial charge in [-0.1, -0.05) is 0 Å². The van der Waals surface area contributed by atoms with Gasteiger partial charge in [-0.2, -0.15) is 0 Å². The number of aliphatic imine (C=N–C) groups is 1. The summed E-state index contributed by atoms with van der Waals surface area (Å²) in [5, 5.41) is 0. The zero-order chi connectivity index (χ0) is 21.8. The molecule has 1 aromatic heterocycles. The molecule has 1 aliphatic rings. The molecule has 0 atom stereocenters. The molecule has 31 heavy (non-hydrogen) atoms. The van der Waals surface area contributed by atoms with Gasteiger partial charge in [0, 0.05) is 0 Å². The Morgan fingerprint density at radius 1 is 0.903 bits per heavy atom. The molecule has 0 spiro atoms. The molecule has 0 fully saturated rings. The van der Waals surface area contributed by atoms with Gasteiger partial charge < -0.3 is 0 Å². The summed E-state index contributed by atoms with van der Waals surface area (Å²) in [7, 11) is 8.28. The average Bonchev–Trinajstić information content (AvgIpc) is 3.40. The maximum atomic E-state index is 4.93. The number of hydrogen-bond donors (Lipinski definition) is 0. The van der Waals surface area contributed by atoms with E-state index in [1.54, 1.807) is 0 Å². The molecule has 0 saturated carbocycles. The van der Waals surface area contributed by atoms with Gasteiger partial charge in [0.25, 0.3) is 0 Å². The van der Waals surface area contributed by atoms with E-state index in [1.165, 1.54) is 20.0 Å². The minimum atomic E-state index is 0.196. The van der Waals surface area contributed by atoms with Crippen LogP contribution < -0.4 is 4.90 Å². The predicted molar refractivity (Wildman–Crippen MR) is 134 cm³/mol. The third-order valence-electron chi connectivity index (χ3n) is 4.64. The first-order valence-electron chi connectivity index (χ1n) is 10.0. The monoisotopic (exact) mass is 541 g/mol. The van der Waals surface area contributed by atoms with Gasteiger partial charge in [0.15, 0.2) is 0 Å². The van der Waals surface area contributed by atoms with Gasteiger partial charge in [0.2, 0.25) is 0 Å². The molecule has 2 aromatic carbocycles. The van der Waals surface area contributed by atoms with Crippen molar-refractivity contribution >= 4 is 50.7 Å². The molecule has 0 radical (unpaired) electrons. The Balaban J connectivity index is 1.69. The fourth-order valence-corrected chi connectivity index (χ4v) is 6.95. The van der Waals surface area contributed by atoms with E-state index in [1.807, 2.05) is 12.1 Å². The Morgan fingerprint density at radius 3 is 2.16 bits per heavy atom. The second-order valence-corrected chi connectivity index (χ2v) is 11.7. The molecule has 2 heterocycles. The van der Waals surface area contributed by atoms with Gasteiger partial charge in [0.05, 0.1) is 0 Å². The second-order valence-electron chi connectivity index (χ2n) is 7.47. The normalized spacial score (nSPS) is 15.0. The number of benzene rings is 2. The molecule has 3 aromatic rings. The van der Waals surface area contributed by atoms with E-state index in [4.69, 9.17) is 9.98 Å². The van der Waals surface area contributed by atoms with E-state index in [9.17, 15) is 0 Å². The van der Waals surface area contributed by atoms with Gasteiger partial charge in [-0.15, -0.1) is 0 Å². The average molecular weight is 539 g/mol. The van der Waals surface area contributed by atoms with Crippen LogP contribution in [0.25, 0.3) is 17.3 Å². The number of nitrogens with zero attached hydrogens (tertiary/aromatic N) is 4. The molecular formula is C25H25N4Se2+. The Labute approximate surface area is 196 Å². The van der Waals surface area contributed by atoms with Gasteiger partial charge in [0.1, 0.15) is 0 Å². The Hall–Kier alpha value is -2.49. The van der Waals surface area contributed by atoms with Crippen LogP contribution in [0, 0.1) is 0 Å². The van der Waals surface area contributed by atoms with Crippen LogP contribution in [-0.4, -0.2) is 77.7 Å². The molecule has 4 rings (SSSR count). The zero-order valence-corrected chi connectivity index (χ0v) is 21.5. The van der Waals surface area contributed by atoms with Gasteiger partial charge in [-0.25, -0.2) is 0 Å². The summed E-state index contributed by atoms with van der Waals surface area (Å²) in [6.45, 7) is 0. The van der Waals surface area contributed by atoms with E-state index < -0.39 is 0 Å². The van der Waals surface area contributed by atoms with Crippen LogP contribution in [0.2, 0.25) is 0 Å². The Kier molecular flexibility index (Phi) is 6.84. The number of hydrogen-bond acceptors (Lipinski definition) is 2. The first kappa shape index (κ1) is 21.7. The van der Waals surface area contributed by atoms with Gasteiger partial charge >= 0.3 is 197 Å². The summed E-state index contributed by atoms with van der Waals surface area (Å²) in [4.78, 5) is 12.0. The van der Waals surface area contributed by atoms with Crippen LogP contribution in [0.15, 0.2) is 82.3 Å². The number of aromatic nitrogens is 1. The zero-order valence-electron chi connectivity index (χ0n) is 18.1. The van der Waals surface area contributed by atoms with Crippen LogP contribution in [0.1, 0.15) is 10.0 Å². The summed E-state index contributed by atoms with van der Waals surface area (Å²) in [6, 6.07) is 20.9. The molecule has 4 nitrogen and oxygen atoms in total. The summed E-state index contributed by atoms with van der Waals surface area (Å²) in [5.74, 6) is 0. The topological polar surface area (TPSA) is 31.5 Å². The van der Waals surface area contributed by atoms with Crippen molar-refractivity contribution in [1.29, 1.82) is 0 Å². The molecule has 0 amide bonds. The summed E-state index contributed by atoms with van der Waals surface area (Å²) in [6.07, 6.45) is 6.66. The van der Waals surface area contributed by atoms with Crippen LogP contribution in [0.4, 0.5) is 4.69 Å². The second kappa shape index (κ2) is 9.76. The van der Waals surface area contributed by atoms with E-state index in [0.29, 0.717) is 0 Å². The van der Waals surface area contributed by atoms with Crippen molar-refractivity contribution in [1.82, 2.24) is 4.98 Å². The SMILES string of the molecule is CN(C)c1nc(-c2ccccc2)c(/C=C/C=C2/[Se]C(=[N+](C)C)N=C2c2ccccc2)[se]1. The van der Waals surface area contributed by atoms with Crippen molar-refractivity contribution in [2.45, 2.75) is 0 Å². The quantitative estimate of drug-likeness (QED) is 0.367. The van der Waals surface area contributed by atoms with E-state index in [2.05, 4.69) is 104 Å². The third kappa shape index (κ3) is 5.05. The number of amidine groups is 1. The fourth-order valence-electron chi connectivity index (χ4n) is 3.08. The Morgan fingerprint density at radius 2 is 1.55 bits per heavy atom. The first-order valence-corrected chi connectivity index (χ1v) is 13.4. The van der Waals surface area contributed by atoms with Gasteiger partial charge in [-0.05, 0) is 0 Å². The van der Waals surface area contributed by atoms with Gasteiger partial charge in [-0.3, -0.25) is 0 Å². The van der Waals surface area contributed by atoms with E-state index in [0.717, 1.165) is 20.8 Å². The number of rotatable bonds is 5. The van der Waals surface area contributed by atoms with Crippen LogP contribution >= 0.6 is 0 Å². The molecular weight excluding hydrogens is 514 g/mol. The first-order chi connectivity index (χ1) is 15.0. The van der Waals surface area contributed by atoms with Crippen LogP contribution in [0.3, 0.4) is 0 Å². The summed E-state index contributed by atoms with van der Waals surface area (Å²) in [5.41, 5.74) is 4.53. The molecule has 0 saturated heterocycles. The minimum absolute atomic E-state index is 0.196. The van der Waals surface area contributed by atoms with Crippen molar-refractivity contribution in [3.63, 3.8) is 0 Å². The molecule has 0 N–H and O–H groups in total. The van der Waals surface area contributed by atoms with Crippen molar-refractivity contribution in [3.8, 4) is 11.3 Å². The molecule has 0 aliphatic carbocycles. The molecule has 6 heteroatoms. The van der Waals surface area contributed by atoms with Crippen LogP contribution in [0.5, 0.6) is 0 Å². The fraction of sp³-hybridized carbons (Fsp3) is 0.160. The predicted octanol–water partition coefficient (Wildman–Crippen LogP) is 3.60. The van der Waals surface area contributed by atoms with E-state index in [-0.39, 0.29) is 29.5 Å². The summed E-state index contributed by atoms with van der Waals surface area (Å²) >= 11 is 0.392. The molecule has 156 valence electrons. The molecule has 0 bridgehead atoms. The number of allylic oxidation sites excluding steroid dienone is 3. The third-order valence-corrected chi connectivity index (χ3v) is 9.63. The maximum absolute atomic E-state index is 4.93. The molecule has 1 aliphatic heterocycles. The van der Waals surface area contributed by atoms with Crippen molar-refractivity contribution in [2.24, 2.45) is 4.99 Å². The van der Waals surface area contributed by atoms with E-state index >= 15 is 0 Å². The molecule has 0 unspecified atom stereocenters. The summed E-state index contributed by atoms with van der Waals surface area (Å²) < 4.78 is 7.04. The number of anilines is 1. The standard InChI is InChI=1S/C25H25N4Se2/c1-28(2)24-26-22(18-12-7-5-8-13-18)20(30-24)16-11-17-21-23(19-14-9-6-10-15-19)27-25(31-21)29(3)4/h5-17H,1-4H3/q+1.